The molecule has 14 heteroatoms. The Balaban J connectivity index is 2.32. The minimum atomic E-state index is -7.40. The zero-order valence-corrected chi connectivity index (χ0v) is 15.5. The Kier molecular flexibility index (Phi) is 6.11. The second kappa shape index (κ2) is 7.73. The van der Waals surface area contributed by atoms with E-state index in [-0.39, 0.29) is 11.1 Å². The minimum Gasteiger partial charge on any atom is -0.378 e. The summed E-state index contributed by atoms with van der Waals surface area (Å²) in [5.74, 6) is -16.6. The van der Waals surface area contributed by atoms with Gasteiger partial charge in [-0.2, -0.15) is 47.9 Å². The van der Waals surface area contributed by atoms with Crippen molar-refractivity contribution in [1.29, 1.82) is 0 Å². The molecular formula is C17H9F9O4S. The lowest BCUT2D eigenvalue weighted by Crippen LogP contribution is -2.63. The highest BCUT2D eigenvalue weighted by molar-refractivity contribution is 7.88. The molecule has 0 bridgehead atoms. The van der Waals surface area contributed by atoms with Crippen molar-refractivity contribution in [2.45, 2.75) is 23.3 Å². The Hall–Kier alpha value is -2.77. The average molecular weight is 480 g/mol. The first-order valence-corrected chi connectivity index (χ1v) is 9.20. The van der Waals surface area contributed by atoms with Crippen molar-refractivity contribution in [3.8, 4) is 5.75 Å². The van der Waals surface area contributed by atoms with E-state index in [4.69, 9.17) is 0 Å². The molecule has 0 atom stereocenters. The number of carbonyl (C=O) groups is 1. The van der Waals surface area contributed by atoms with E-state index in [9.17, 15) is 52.7 Å². The lowest BCUT2D eigenvalue weighted by atomic mass is 10.0. The van der Waals surface area contributed by atoms with Crippen LogP contribution in [0.5, 0.6) is 5.75 Å². The third-order valence-corrected chi connectivity index (χ3v) is 5.08. The average Bonchev–Trinajstić information content (AvgIpc) is 2.67. The molecule has 0 aliphatic rings. The van der Waals surface area contributed by atoms with Gasteiger partial charge in [-0.25, -0.2) is 0 Å². The van der Waals surface area contributed by atoms with Crippen LogP contribution in [0.1, 0.15) is 15.9 Å². The molecule has 0 spiro atoms. The van der Waals surface area contributed by atoms with Crippen molar-refractivity contribution in [3.05, 3.63) is 65.7 Å². The fourth-order valence-corrected chi connectivity index (χ4v) is 3.03. The maximum atomic E-state index is 13.6. The minimum absolute atomic E-state index is 0.128. The van der Waals surface area contributed by atoms with E-state index in [0.29, 0.717) is 12.1 Å². The van der Waals surface area contributed by atoms with Crippen molar-refractivity contribution in [1.82, 2.24) is 0 Å². The normalized spacial score (nSPS) is 13.7. The zero-order valence-electron chi connectivity index (χ0n) is 14.6. The second-order valence-corrected chi connectivity index (χ2v) is 7.51. The van der Waals surface area contributed by atoms with Gasteiger partial charge in [-0.3, -0.25) is 4.79 Å². The summed E-state index contributed by atoms with van der Waals surface area (Å²) in [5, 5.41) is -6.97. The molecule has 2 aromatic rings. The maximum absolute atomic E-state index is 13.6. The van der Waals surface area contributed by atoms with Gasteiger partial charge in [0.25, 0.3) is 0 Å². The fraction of sp³-hybridized carbons (Fsp3) is 0.235. The summed E-state index contributed by atoms with van der Waals surface area (Å²) >= 11 is 0. The second-order valence-electron chi connectivity index (χ2n) is 5.92. The summed E-state index contributed by atoms with van der Waals surface area (Å²) in [4.78, 5) is 12.2. The van der Waals surface area contributed by atoms with Crippen molar-refractivity contribution < 1.29 is 56.9 Å². The van der Waals surface area contributed by atoms with Gasteiger partial charge in [-0.05, 0) is 24.3 Å². The predicted molar refractivity (Wildman–Crippen MR) is 86.8 cm³/mol. The lowest BCUT2D eigenvalue weighted by Gasteiger charge is -2.32. The third kappa shape index (κ3) is 4.20. The van der Waals surface area contributed by atoms with Crippen LogP contribution < -0.4 is 4.18 Å². The highest BCUT2D eigenvalue weighted by Gasteiger charge is 2.86. The van der Waals surface area contributed by atoms with E-state index < -0.39 is 44.9 Å². The van der Waals surface area contributed by atoms with E-state index in [1.165, 1.54) is 24.3 Å². The van der Waals surface area contributed by atoms with Crippen LogP contribution in [0.15, 0.2) is 54.6 Å². The molecule has 2 aromatic carbocycles. The van der Waals surface area contributed by atoms with E-state index in [1.54, 1.807) is 6.07 Å². The standard InChI is InChI=1S/C17H9F9O4S/c18-14(19,16(22,23)24)15(20,21)17(25,26)31(28,29)30-12-8-6-11(7-9-12)13(27)10-4-2-1-3-5-10/h1-9H. The van der Waals surface area contributed by atoms with Crippen LogP contribution in [0.3, 0.4) is 0 Å². The summed E-state index contributed by atoms with van der Waals surface area (Å²) < 4.78 is 142. The molecule has 0 unspecified atom stereocenters. The molecule has 0 heterocycles. The number of halogens is 9. The Bertz CT molecular complexity index is 1050. The molecule has 170 valence electrons. The van der Waals surface area contributed by atoms with E-state index in [0.717, 1.165) is 12.1 Å². The third-order valence-electron chi connectivity index (χ3n) is 3.79. The van der Waals surface area contributed by atoms with Gasteiger partial charge in [0.1, 0.15) is 5.75 Å². The molecule has 0 saturated heterocycles. The van der Waals surface area contributed by atoms with Crippen molar-refractivity contribution >= 4 is 15.9 Å². The van der Waals surface area contributed by atoms with Crippen molar-refractivity contribution in [3.63, 3.8) is 0 Å². The van der Waals surface area contributed by atoms with Gasteiger partial charge in [0.2, 0.25) is 0 Å². The van der Waals surface area contributed by atoms with Gasteiger partial charge >= 0.3 is 33.4 Å². The largest absolute Gasteiger partial charge is 0.460 e. The van der Waals surface area contributed by atoms with Crippen molar-refractivity contribution in [2.75, 3.05) is 0 Å². The molecule has 0 aromatic heterocycles. The van der Waals surface area contributed by atoms with Gasteiger partial charge in [0.05, 0.1) is 0 Å². The smallest absolute Gasteiger partial charge is 0.378 e. The Labute approximate surface area is 168 Å². The molecule has 0 saturated carbocycles. The van der Waals surface area contributed by atoms with E-state index in [2.05, 4.69) is 4.18 Å². The number of alkyl halides is 9. The van der Waals surface area contributed by atoms with Gasteiger partial charge in [0.15, 0.2) is 5.78 Å². The molecule has 0 fully saturated rings. The van der Waals surface area contributed by atoms with E-state index >= 15 is 0 Å². The molecule has 0 N–H and O–H groups in total. The van der Waals surface area contributed by atoms with Gasteiger partial charge in [-0.15, -0.1) is 0 Å². The topological polar surface area (TPSA) is 60.4 Å². The fourth-order valence-electron chi connectivity index (χ4n) is 2.11. The molecule has 0 aliphatic carbocycles. The number of rotatable bonds is 7. The van der Waals surface area contributed by atoms with Gasteiger partial charge < -0.3 is 4.18 Å². The van der Waals surface area contributed by atoms with Crippen LogP contribution in [0.2, 0.25) is 0 Å². The summed E-state index contributed by atoms with van der Waals surface area (Å²) in [6.45, 7) is 0. The molecule has 0 amide bonds. The summed E-state index contributed by atoms with van der Waals surface area (Å²) in [5.41, 5.74) is 0.0426. The van der Waals surface area contributed by atoms with E-state index in [1.807, 2.05) is 0 Å². The number of hydrogen-bond donors (Lipinski definition) is 0. The first kappa shape index (κ1) is 24.5. The summed E-state index contributed by atoms with van der Waals surface area (Å²) in [7, 11) is -7.05. The van der Waals surface area contributed by atoms with Gasteiger partial charge in [0, 0.05) is 11.1 Å². The monoisotopic (exact) mass is 480 g/mol. The highest BCUT2D eigenvalue weighted by Crippen LogP contribution is 2.54. The van der Waals surface area contributed by atoms with Gasteiger partial charge in [-0.1, -0.05) is 30.3 Å². The van der Waals surface area contributed by atoms with Crippen LogP contribution in [-0.2, 0) is 10.1 Å². The molecule has 0 radical (unpaired) electrons. The number of hydrogen-bond acceptors (Lipinski definition) is 4. The number of benzene rings is 2. The van der Waals surface area contributed by atoms with Crippen LogP contribution >= 0.6 is 0 Å². The number of ketones is 1. The lowest BCUT2D eigenvalue weighted by molar-refractivity contribution is -0.382. The zero-order chi connectivity index (χ0) is 23.9. The van der Waals surface area contributed by atoms with Crippen LogP contribution in [0.25, 0.3) is 0 Å². The Morgan fingerprint density at radius 3 is 1.58 bits per heavy atom. The van der Waals surface area contributed by atoms with Crippen LogP contribution in [-0.4, -0.2) is 37.5 Å². The summed E-state index contributed by atoms with van der Waals surface area (Å²) in [6, 6.07) is 10.2. The first-order chi connectivity index (χ1) is 14.0. The molecule has 2 rings (SSSR count). The Morgan fingerprint density at radius 1 is 0.677 bits per heavy atom. The molecule has 31 heavy (non-hydrogen) atoms. The van der Waals surface area contributed by atoms with Crippen LogP contribution in [0.4, 0.5) is 39.5 Å². The number of carbonyl (C=O) groups excluding carboxylic acids is 1. The molecule has 4 nitrogen and oxygen atoms in total. The highest BCUT2D eigenvalue weighted by atomic mass is 32.2. The molecular weight excluding hydrogens is 471 g/mol. The SMILES string of the molecule is O=C(c1ccccc1)c1ccc(OS(=O)(=O)C(F)(F)C(F)(F)C(F)(F)C(F)(F)F)cc1. The quantitative estimate of drug-likeness (QED) is 0.316. The molecule has 0 aliphatic heterocycles. The van der Waals surface area contributed by atoms with Crippen LogP contribution in [0, 0.1) is 0 Å². The predicted octanol–water partition coefficient (Wildman–Crippen LogP) is 5.05. The maximum Gasteiger partial charge on any atom is 0.460 e. The first-order valence-electron chi connectivity index (χ1n) is 7.80. The van der Waals surface area contributed by atoms with Crippen molar-refractivity contribution in [2.24, 2.45) is 0 Å². The Morgan fingerprint density at radius 2 is 1.13 bits per heavy atom. The summed E-state index contributed by atoms with van der Waals surface area (Å²) in [6.07, 6.45) is -7.19.